The lowest BCUT2D eigenvalue weighted by molar-refractivity contribution is -0.136. The maximum atomic E-state index is 11.0. The Kier molecular flexibility index (Phi) is 2.32. The van der Waals surface area contributed by atoms with Crippen molar-refractivity contribution in [3.8, 4) is 5.88 Å². The second-order valence-electron chi connectivity index (χ2n) is 2.53. The number of hydrogen-bond acceptors (Lipinski definition) is 4. The maximum absolute atomic E-state index is 11.0. The van der Waals surface area contributed by atoms with Gasteiger partial charge in [-0.3, -0.25) is 9.59 Å². The first kappa shape index (κ1) is 9.24. The van der Waals surface area contributed by atoms with Crippen molar-refractivity contribution >= 4 is 5.97 Å². The van der Waals surface area contributed by atoms with Gasteiger partial charge < -0.3 is 15.2 Å². The molecule has 0 saturated heterocycles. The molecule has 1 heterocycles. The van der Waals surface area contributed by atoms with Crippen LogP contribution in [-0.2, 0) is 11.2 Å². The smallest absolute Gasteiger partial charge is 0.311 e. The first-order valence-corrected chi connectivity index (χ1v) is 3.51. The van der Waals surface area contributed by atoms with E-state index in [1.807, 2.05) is 0 Å². The molecule has 13 heavy (non-hydrogen) atoms. The summed E-state index contributed by atoms with van der Waals surface area (Å²) in [4.78, 5) is 27.0. The van der Waals surface area contributed by atoms with Crippen molar-refractivity contribution in [2.24, 2.45) is 0 Å². The number of carbonyl (C=O) groups is 1. The number of nitrogens with one attached hydrogen (secondary N) is 1. The first-order valence-electron chi connectivity index (χ1n) is 3.51. The minimum atomic E-state index is -1.12. The van der Waals surface area contributed by atoms with Crippen LogP contribution in [0.4, 0.5) is 0 Å². The van der Waals surface area contributed by atoms with Crippen molar-refractivity contribution in [3.63, 3.8) is 0 Å². The number of aromatic nitrogens is 2. The molecule has 6 nitrogen and oxygen atoms in total. The van der Waals surface area contributed by atoms with Crippen LogP contribution in [0, 0.1) is 6.92 Å². The molecule has 0 aliphatic carbocycles. The molecule has 0 fully saturated rings. The normalized spacial score (nSPS) is 9.92. The Balaban J connectivity index is 3.13. The molecular weight excluding hydrogens is 176 g/mol. The highest BCUT2D eigenvalue weighted by atomic mass is 16.4. The molecular formula is C7H8N2O4. The van der Waals surface area contributed by atoms with E-state index in [0.717, 1.165) is 0 Å². The van der Waals surface area contributed by atoms with Crippen LogP contribution in [-0.4, -0.2) is 26.2 Å². The van der Waals surface area contributed by atoms with Crippen molar-refractivity contribution in [1.29, 1.82) is 0 Å². The predicted octanol–water partition coefficient (Wildman–Crippen LogP) is -0.589. The molecule has 0 amide bonds. The number of nitrogens with zero attached hydrogens (tertiary/aromatic N) is 1. The van der Waals surface area contributed by atoms with Gasteiger partial charge in [-0.15, -0.1) is 0 Å². The molecule has 0 radical (unpaired) electrons. The van der Waals surface area contributed by atoms with E-state index in [0.29, 0.717) is 0 Å². The van der Waals surface area contributed by atoms with Gasteiger partial charge in [-0.05, 0) is 6.92 Å². The van der Waals surface area contributed by atoms with Crippen LogP contribution >= 0.6 is 0 Å². The van der Waals surface area contributed by atoms with E-state index in [-0.39, 0.29) is 11.4 Å². The van der Waals surface area contributed by atoms with Gasteiger partial charge in [0.2, 0.25) is 5.88 Å². The quantitative estimate of drug-likeness (QED) is 0.570. The standard InChI is InChI=1S/C7H8N2O4/c1-3-6(12)8-4(2-5(10)11)9-7(3)13/h2H2,1H3,(H,10,11)(H2,8,9,12,13). The van der Waals surface area contributed by atoms with Gasteiger partial charge in [-0.2, -0.15) is 4.98 Å². The van der Waals surface area contributed by atoms with Crippen molar-refractivity contribution in [3.05, 3.63) is 21.7 Å². The number of aromatic amines is 1. The van der Waals surface area contributed by atoms with Crippen LogP contribution in [0.15, 0.2) is 4.79 Å². The Hall–Kier alpha value is -1.85. The van der Waals surface area contributed by atoms with Gasteiger partial charge in [-0.1, -0.05) is 0 Å². The third kappa shape index (κ3) is 2.05. The average Bonchev–Trinajstić information content (AvgIpc) is 1.98. The molecule has 3 N–H and O–H groups in total. The second kappa shape index (κ2) is 3.26. The molecule has 0 atom stereocenters. The number of aromatic hydroxyl groups is 1. The maximum Gasteiger partial charge on any atom is 0.311 e. The van der Waals surface area contributed by atoms with E-state index in [2.05, 4.69) is 9.97 Å². The van der Waals surface area contributed by atoms with Gasteiger partial charge in [0.25, 0.3) is 5.56 Å². The van der Waals surface area contributed by atoms with E-state index in [1.165, 1.54) is 6.92 Å². The molecule has 1 aromatic rings. The second-order valence-corrected chi connectivity index (χ2v) is 2.53. The molecule has 1 aromatic heterocycles. The highest BCUT2D eigenvalue weighted by Crippen LogP contribution is 2.05. The highest BCUT2D eigenvalue weighted by molar-refractivity contribution is 5.68. The van der Waals surface area contributed by atoms with Crippen molar-refractivity contribution in [2.75, 3.05) is 0 Å². The lowest BCUT2D eigenvalue weighted by Gasteiger charge is -1.99. The molecule has 0 saturated carbocycles. The summed E-state index contributed by atoms with van der Waals surface area (Å²) in [5.41, 5.74) is -0.446. The van der Waals surface area contributed by atoms with Crippen LogP contribution in [0.3, 0.4) is 0 Å². The number of aliphatic carboxylic acids is 1. The summed E-state index contributed by atoms with van der Waals surface area (Å²) < 4.78 is 0. The number of carboxylic acids is 1. The molecule has 0 aromatic carbocycles. The Morgan fingerprint density at radius 1 is 1.62 bits per heavy atom. The van der Waals surface area contributed by atoms with E-state index in [9.17, 15) is 9.59 Å². The van der Waals surface area contributed by atoms with Crippen molar-refractivity contribution < 1.29 is 15.0 Å². The molecule has 6 heteroatoms. The number of hydrogen-bond donors (Lipinski definition) is 3. The molecule has 0 aliphatic heterocycles. The van der Waals surface area contributed by atoms with Gasteiger partial charge in [0.05, 0.1) is 5.56 Å². The molecule has 70 valence electrons. The number of H-pyrrole nitrogens is 1. The topological polar surface area (TPSA) is 103 Å². The van der Waals surface area contributed by atoms with Crippen LogP contribution < -0.4 is 5.56 Å². The van der Waals surface area contributed by atoms with Gasteiger partial charge in [0, 0.05) is 0 Å². The van der Waals surface area contributed by atoms with Gasteiger partial charge in [0.15, 0.2) is 0 Å². The fraction of sp³-hybridized carbons (Fsp3) is 0.286. The zero-order chi connectivity index (χ0) is 10.0. The minimum absolute atomic E-state index is 0.0550. The zero-order valence-electron chi connectivity index (χ0n) is 6.87. The monoisotopic (exact) mass is 184 g/mol. The number of carboxylic acid groups (broad SMARTS) is 1. The largest absolute Gasteiger partial charge is 0.493 e. The number of rotatable bonds is 2. The third-order valence-electron chi connectivity index (χ3n) is 1.49. The molecule has 1 rings (SSSR count). The fourth-order valence-electron chi connectivity index (χ4n) is 0.793. The summed E-state index contributed by atoms with van der Waals surface area (Å²) in [6.45, 7) is 1.39. The molecule has 0 aliphatic rings. The summed E-state index contributed by atoms with van der Waals surface area (Å²) in [5.74, 6) is -1.60. The summed E-state index contributed by atoms with van der Waals surface area (Å²) in [6, 6.07) is 0. The predicted molar refractivity (Wildman–Crippen MR) is 42.6 cm³/mol. The molecule has 0 spiro atoms. The van der Waals surface area contributed by atoms with Gasteiger partial charge >= 0.3 is 5.97 Å². The average molecular weight is 184 g/mol. The van der Waals surface area contributed by atoms with Crippen molar-refractivity contribution in [1.82, 2.24) is 9.97 Å². The summed E-state index contributed by atoms with van der Waals surface area (Å²) in [6.07, 6.45) is -0.414. The summed E-state index contributed by atoms with van der Waals surface area (Å²) in [5, 5.41) is 17.4. The lowest BCUT2D eigenvalue weighted by atomic mass is 10.3. The Morgan fingerprint density at radius 2 is 2.23 bits per heavy atom. The SMILES string of the molecule is Cc1c(O)nc(CC(=O)O)[nH]c1=O. The van der Waals surface area contributed by atoms with E-state index < -0.39 is 23.8 Å². The van der Waals surface area contributed by atoms with Crippen LogP contribution in [0.25, 0.3) is 0 Å². The minimum Gasteiger partial charge on any atom is -0.493 e. The Bertz CT molecular complexity index is 396. The summed E-state index contributed by atoms with van der Waals surface area (Å²) in [7, 11) is 0. The van der Waals surface area contributed by atoms with Gasteiger partial charge in [0.1, 0.15) is 12.2 Å². The van der Waals surface area contributed by atoms with Crippen LogP contribution in [0.5, 0.6) is 5.88 Å². The van der Waals surface area contributed by atoms with Gasteiger partial charge in [-0.25, -0.2) is 0 Å². The van der Waals surface area contributed by atoms with E-state index >= 15 is 0 Å². The molecule has 0 unspecified atom stereocenters. The lowest BCUT2D eigenvalue weighted by Crippen LogP contribution is -2.16. The van der Waals surface area contributed by atoms with Crippen LogP contribution in [0.2, 0.25) is 0 Å². The van der Waals surface area contributed by atoms with E-state index in [1.54, 1.807) is 0 Å². The first-order chi connectivity index (χ1) is 6.00. The Morgan fingerprint density at radius 3 is 2.69 bits per heavy atom. The zero-order valence-corrected chi connectivity index (χ0v) is 6.87. The molecule has 0 bridgehead atoms. The van der Waals surface area contributed by atoms with Crippen molar-refractivity contribution in [2.45, 2.75) is 13.3 Å². The Labute approximate surface area is 72.9 Å². The van der Waals surface area contributed by atoms with Crippen LogP contribution in [0.1, 0.15) is 11.4 Å². The van der Waals surface area contributed by atoms with E-state index in [4.69, 9.17) is 10.2 Å². The fourth-order valence-corrected chi connectivity index (χ4v) is 0.793. The highest BCUT2D eigenvalue weighted by Gasteiger charge is 2.08. The summed E-state index contributed by atoms with van der Waals surface area (Å²) >= 11 is 0. The third-order valence-corrected chi connectivity index (χ3v) is 1.49.